The van der Waals surface area contributed by atoms with Crippen molar-refractivity contribution in [1.82, 2.24) is 29.7 Å². The van der Waals surface area contributed by atoms with Crippen LogP contribution in [0.2, 0.25) is 0 Å². The Morgan fingerprint density at radius 2 is 1.66 bits per heavy atom. The molecule has 0 bridgehead atoms. The summed E-state index contributed by atoms with van der Waals surface area (Å²) >= 11 is 0. The lowest BCUT2D eigenvalue weighted by atomic mass is 9.92. The highest BCUT2D eigenvalue weighted by Crippen LogP contribution is 2.41. The summed E-state index contributed by atoms with van der Waals surface area (Å²) in [7, 11) is 0. The molecule has 0 radical (unpaired) electrons. The van der Waals surface area contributed by atoms with Gasteiger partial charge < -0.3 is 4.74 Å². The topological polar surface area (TPSA) is 78.6 Å². The van der Waals surface area contributed by atoms with Gasteiger partial charge in [-0.15, -0.1) is 0 Å². The van der Waals surface area contributed by atoms with Crippen molar-refractivity contribution in [3.05, 3.63) is 64.5 Å². The van der Waals surface area contributed by atoms with Crippen LogP contribution in [0.15, 0.2) is 24.5 Å². The van der Waals surface area contributed by atoms with Crippen molar-refractivity contribution < 1.29 is 26.7 Å². The Bertz CT molecular complexity index is 1520. The van der Waals surface area contributed by atoms with Crippen molar-refractivity contribution in [2.45, 2.75) is 63.8 Å². The Balaban J connectivity index is 1.44. The van der Waals surface area contributed by atoms with Crippen molar-refractivity contribution >= 4 is 11.2 Å². The lowest BCUT2D eigenvalue weighted by Crippen LogP contribution is -2.21. The normalized spacial score (nSPS) is 20.3. The average molecular weight is 531 g/mol. The summed E-state index contributed by atoms with van der Waals surface area (Å²) in [6.45, 7) is 3.80. The van der Waals surface area contributed by atoms with Gasteiger partial charge in [-0.1, -0.05) is 0 Å². The van der Waals surface area contributed by atoms with E-state index < -0.39 is 28.9 Å². The molecule has 6 rings (SSSR count). The molecular formula is C26H23F5N6O. The van der Waals surface area contributed by atoms with Crippen LogP contribution in [0, 0.1) is 25.5 Å². The van der Waals surface area contributed by atoms with E-state index >= 15 is 8.78 Å². The molecular weight excluding hydrogens is 507 g/mol. The summed E-state index contributed by atoms with van der Waals surface area (Å²) in [5, 5.41) is 4.43. The van der Waals surface area contributed by atoms with Crippen molar-refractivity contribution in [2.24, 2.45) is 0 Å². The second-order valence-corrected chi connectivity index (χ2v) is 9.88. The van der Waals surface area contributed by atoms with Gasteiger partial charge in [0.05, 0.1) is 40.9 Å². The molecule has 38 heavy (non-hydrogen) atoms. The predicted octanol–water partition coefficient (Wildman–Crippen LogP) is 6.17. The van der Waals surface area contributed by atoms with E-state index in [0.717, 1.165) is 18.4 Å². The van der Waals surface area contributed by atoms with E-state index in [2.05, 4.69) is 25.0 Å². The van der Waals surface area contributed by atoms with E-state index in [9.17, 15) is 13.2 Å². The molecule has 7 nitrogen and oxygen atoms in total. The predicted molar refractivity (Wildman–Crippen MR) is 126 cm³/mol. The van der Waals surface area contributed by atoms with Gasteiger partial charge in [0.1, 0.15) is 28.7 Å². The van der Waals surface area contributed by atoms with Gasteiger partial charge in [-0.05, 0) is 51.7 Å². The summed E-state index contributed by atoms with van der Waals surface area (Å²) < 4.78 is 77.6. The second-order valence-electron chi connectivity index (χ2n) is 9.88. The Morgan fingerprint density at radius 3 is 2.34 bits per heavy atom. The second kappa shape index (κ2) is 9.04. The highest BCUT2D eigenvalue weighted by molar-refractivity contribution is 5.87. The third-order valence-corrected chi connectivity index (χ3v) is 7.13. The van der Waals surface area contributed by atoms with Gasteiger partial charge in [-0.2, -0.15) is 18.3 Å². The Kier molecular flexibility index (Phi) is 5.89. The molecule has 4 heterocycles. The molecule has 0 amide bonds. The minimum atomic E-state index is -4.91. The van der Waals surface area contributed by atoms with E-state index in [-0.39, 0.29) is 46.8 Å². The zero-order chi connectivity index (χ0) is 26.8. The van der Waals surface area contributed by atoms with E-state index in [4.69, 9.17) is 4.74 Å². The summed E-state index contributed by atoms with van der Waals surface area (Å²) in [4.78, 5) is 17.9. The first kappa shape index (κ1) is 24.8. The molecule has 0 unspecified atom stereocenters. The first-order chi connectivity index (χ1) is 18.1. The molecule has 4 aromatic rings. The molecule has 2 atom stereocenters. The number of hydrogen-bond acceptors (Lipinski definition) is 6. The maximum absolute atomic E-state index is 15.1. The fraction of sp³-hybridized carbons (Fsp3) is 0.423. The van der Waals surface area contributed by atoms with Gasteiger partial charge in [0, 0.05) is 24.3 Å². The van der Waals surface area contributed by atoms with Crippen molar-refractivity contribution in [1.29, 1.82) is 0 Å². The van der Waals surface area contributed by atoms with Crippen LogP contribution in [-0.2, 0) is 10.9 Å². The van der Waals surface area contributed by atoms with E-state index in [1.165, 1.54) is 0 Å². The molecule has 198 valence electrons. The molecule has 1 saturated carbocycles. The molecule has 0 spiro atoms. The van der Waals surface area contributed by atoms with E-state index in [0.29, 0.717) is 36.9 Å². The van der Waals surface area contributed by atoms with Crippen LogP contribution >= 0.6 is 0 Å². The van der Waals surface area contributed by atoms with Crippen LogP contribution in [0.25, 0.3) is 22.4 Å². The molecule has 3 aromatic heterocycles. The Hall–Kier alpha value is -3.54. The molecule has 12 heteroatoms. The summed E-state index contributed by atoms with van der Waals surface area (Å²) in [6.07, 6.45) is 1.82. The van der Waals surface area contributed by atoms with Crippen LogP contribution < -0.4 is 0 Å². The standard InChI is InChI=1S/C26H23F5N6O/c1-12-13(2)34-25-23(33-12)22(21-18(27)8-16(9-19(21)28)26(29,30)31)35-24(36-25)14-5-6-38-20(7-14)15-10-32-37(11-15)17-3-4-17/h8-11,14,17,20H,3-7H2,1-2H3/t14-,20+/m1/s1. The molecule has 1 saturated heterocycles. The zero-order valence-corrected chi connectivity index (χ0v) is 20.6. The lowest BCUT2D eigenvalue weighted by molar-refractivity contribution is -0.138. The van der Waals surface area contributed by atoms with Gasteiger partial charge in [0.25, 0.3) is 0 Å². The molecule has 1 aliphatic heterocycles. The van der Waals surface area contributed by atoms with Crippen LogP contribution in [0.4, 0.5) is 22.0 Å². The Labute approximate surface area is 214 Å². The molecule has 2 fully saturated rings. The van der Waals surface area contributed by atoms with Crippen LogP contribution in [-0.4, -0.2) is 36.3 Å². The quantitative estimate of drug-likeness (QED) is 0.294. The van der Waals surface area contributed by atoms with E-state index in [1.807, 2.05) is 10.9 Å². The fourth-order valence-electron chi connectivity index (χ4n) is 4.77. The van der Waals surface area contributed by atoms with Gasteiger partial charge in [-0.25, -0.2) is 28.7 Å². The number of rotatable bonds is 4. The largest absolute Gasteiger partial charge is 0.416 e. The fourth-order valence-corrected chi connectivity index (χ4v) is 4.77. The van der Waals surface area contributed by atoms with Gasteiger partial charge >= 0.3 is 6.18 Å². The summed E-state index contributed by atoms with van der Waals surface area (Å²) in [5.41, 5.74) is -0.228. The van der Waals surface area contributed by atoms with Gasteiger partial charge in [0.15, 0.2) is 5.65 Å². The number of aromatic nitrogens is 6. The molecule has 2 aliphatic rings. The number of fused-ring (bicyclic) bond motifs is 1. The average Bonchev–Trinajstić information content (AvgIpc) is 3.60. The number of aryl methyl sites for hydroxylation is 2. The first-order valence-corrected chi connectivity index (χ1v) is 12.3. The molecule has 0 N–H and O–H groups in total. The monoisotopic (exact) mass is 530 g/mol. The maximum Gasteiger partial charge on any atom is 0.416 e. The first-order valence-electron chi connectivity index (χ1n) is 12.3. The highest BCUT2D eigenvalue weighted by Gasteiger charge is 2.35. The molecule has 1 aromatic carbocycles. The van der Waals surface area contributed by atoms with Crippen LogP contribution in [0.1, 0.15) is 72.1 Å². The number of halogens is 5. The zero-order valence-electron chi connectivity index (χ0n) is 20.6. The minimum Gasteiger partial charge on any atom is -0.373 e. The highest BCUT2D eigenvalue weighted by atomic mass is 19.4. The minimum absolute atomic E-state index is 0.0173. The van der Waals surface area contributed by atoms with Gasteiger partial charge in [0.2, 0.25) is 0 Å². The SMILES string of the molecule is Cc1nc2nc([C@@H]3CCO[C@H](c4cnn(C5CC5)c4)C3)nc(-c3c(F)cc(C(F)(F)F)cc3F)c2nc1C. The summed E-state index contributed by atoms with van der Waals surface area (Å²) in [5.74, 6) is -2.74. The third kappa shape index (κ3) is 4.50. The van der Waals surface area contributed by atoms with Crippen molar-refractivity contribution in [2.75, 3.05) is 6.61 Å². The Morgan fingerprint density at radius 1 is 0.947 bits per heavy atom. The van der Waals surface area contributed by atoms with Crippen molar-refractivity contribution in [3.8, 4) is 11.3 Å². The van der Waals surface area contributed by atoms with Gasteiger partial charge in [-0.3, -0.25) is 4.68 Å². The number of benzene rings is 1. The number of hydrogen-bond donors (Lipinski definition) is 0. The number of ether oxygens (including phenoxy) is 1. The molecule has 1 aliphatic carbocycles. The lowest BCUT2D eigenvalue weighted by Gasteiger charge is -2.28. The number of alkyl halides is 3. The smallest absolute Gasteiger partial charge is 0.373 e. The van der Waals surface area contributed by atoms with Crippen LogP contribution in [0.5, 0.6) is 0 Å². The van der Waals surface area contributed by atoms with Crippen LogP contribution in [0.3, 0.4) is 0 Å². The third-order valence-electron chi connectivity index (χ3n) is 7.13. The summed E-state index contributed by atoms with van der Waals surface area (Å²) in [6, 6.07) is 0.957. The number of nitrogens with zero attached hydrogens (tertiary/aromatic N) is 6. The van der Waals surface area contributed by atoms with Crippen molar-refractivity contribution in [3.63, 3.8) is 0 Å². The van der Waals surface area contributed by atoms with E-state index in [1.54, 1.807) is 20.0 Å². The maximum atomic E-state index is 15.1.